The van der Waals surface area contributed by atoms with Gasteiger partial charge in [0.05, 0.1) is 0 Å². The Morgan fingerprint density at radius 1 is 1.15 bits per heavy atom. The van der Waals surface area contributed by atoms with Crippen LogP contribution in [0.15, 0.2) is 36.4 Å². The van der Waals surface area contributed by atoms with Crippen LogP contribution >= 0.6 is 0 Å². The largest absolute Gasteiger partial charge is 0.394 e. The van der Waals surface area contributed by atoms with Gasteiger partial charge in [0, 0.05) is 12.1 Å². The summed E-state index contributed by atoms with van der Waals surface area (Å²) in [5.41, 5.74) is 6.49. The molecule has 0 aliphatic rings. The van der Waals surface area contributed by atoms with Gasteiger partial charge in [0.1, 0.15) is 17.3 Å². The van der Waals surface area contributed by atoms with E-state index in [1.807, 2.05) is 31.2 Å². The molecule has 104 valence electrons. The summed E-state index contributed by atoms with van der Waals surface area (Å²) in [7, 11) is 0. The number of nitrogens with one attached hydrogen (secondary N) is 1. The van der Waals surface area contributed by atoms with Crippen molar-refractivity contribution >= 4 is 11.6 Å². The minimum atomic E-state index is -0.939. The van der Waals surface area contributed by atoms with Gasteiger partial charge in [-0.2, -0.15) is 0 Å². The third kappa shape index (κ3) is 3.12. The fourth-order valence-corrected chi connectivity index (χ4v) is 1.71. The van der Waals surface area contributed by atoms with Gasteiger partial charge in [0.2, 0.25) is 0 Å². The number of nitrogen functional groups attached to an aromatic ring is 1. The number of aryl methyl sites for hydroxylation is 1. The summed E-state index contributed by atoms with van der Waals surface area (Å²) in [6.07, 6.45) is 0. The summed E-state index contributed by atoms with van der Waals surface area (Å²) < 4.78 is 26.5. The highest BCUT2D eigenvalue weighted by Gasteiger charge is 2.12. The van der Waals surface area contributed by atoms with Gasteiger partial charge in [-0.25, -0.2) is 8.78 Å². The van der Waals surface area contributed by atoms with E-state index in [-0.39, 0.29) is 12.1 Å². The Hall–Kier alpha value is -2.43. The molecule has 5 heteroatoms. The van der Waals surface area contributed by atoms with Crippen LogP contribution in [-0.4, -0.2) is 5.91 Å². The van der Waals surface area contributed by atoms with E-state index in [2.05, 4.69) is 5.32 Å². The molecule has 0 aromatic heterocycles. The Balaban J connectivity index is 2.07. The number of amides is 1. The second-order valence-electron chi connectivity index (χ2n) is 4.52. The number of nitrogens with two attached hydrogens (primary N) is 1. The van der Waals surface area contributed by atoms with Gasteiger partial charge in [0.25, 0.3) is 5.91 Å². The standard InChI is InChI=1S/C15H14F2N2O/c1-9-2-4-10(5-3-9)8-19-15(20)11-6-12(16)14(18)13(17)7-11/h2-7H,8,18H2,1H3,(H,19,20). The molecule has 0 heterocycles. The fourth-order valence-electron chi connectivity index (χ4n) is 1.71. The molecule has 2 aromatic rings. The van der Waals surface area contributed by atoms with Crippen LogP contribution in [0.1, 0.15) is 21.5 Å². The maximum absolute atomic E-state index is 13.3. The van der Waals surface area contributed by atoms with E-state index in [1.54, 1.807) is 0 Å². The number of halogens is 2. The molecule has 2 rings (SSSR count). The van der Waals surface area contributed by atoms with Crippen molar-refractivity contribution in [3.05, 3.63) is 64.7 Å². The van der Waals surface area contributed by atoms with Crippen LogP contribution in [0.4, 0.5) is 14.5 Å². The van der Waals surface area contributed by atoms with E-state index >= 15 is 0 Å². The first-order chi connectivity index (χ1) is 9.47. The molecule has 0 aliphatic carbocycles. The predicted molar refractivity (Wildman–Crippen MR) is 73.1 cm³/mol. The summed E-state index contributed by atoms with van der Waals surface area (Å²) in [5.74, 6) is -2.43. The topological polar surface area (TPSA) is 55.1 Å². The SMILES string of the molecule is Cc1ccc(CNC(=O)c2cc(F)c(N)c(F)c2)cc1. The Morgan fingerprint density at radius 3 is 2.25 bits per heavy atom. The van der Waals surface area contributed by atoms with Crippen molar-refractivity contribution in [2.45, 2.75) is 13.5 Å². The molecule has 1 amide bonds. The molecule has 0 radical (unpaired) electrons. The molecule has 0 saturated heterocycles. The van der Waals surface area contributed by atoms with Crippen LogP contribution in [0.3, 0.4) is 0 Å². The lowest BCUT2D eigenvalue weighted by Gasteiger charge is -2.07. The smallest absolute Gasteiger partial charge is 0.251 e. The molecular weight excluding hydrogens is 262 g/mol. The molecule has 3 N–H and O–H groups in total. The molecule has 0 spiro atoms. The molecule has 0 saturated carbocycles. The van der Waals surface area contributed by atoms with Crippen molar-refractivity contribution in [1.82, 2.24) is 5.32 Å². The van der Waals surface area contributed by atoms with E-state index in [0.29, 0.717) is 0 Å². The zero-order chi connectivity index (χ0) is 14.7. The van der Waals surface area contributed by atoms with Gasteiger partial charge in [-0.15, -0.1) is 0 Å². The van der Waals surface area contributed by atoms with Crippen LogP contribution in [-0.2, 0) is 6.54 Å². The zero-order valence-electron chi connectivity index (χ0n) is 10.9. The molecule has 0 fully saturated rings. The van der Waals surface area contributed by atoms with E-state index in [4.69, 9.17) is 5.73 Å². The van der Waals surface area contributed by atoms with Crippen molar-refractivity contribution in [3.8, 4) is 0 Å². The fraction of sp³-hybridized carbons (Fsp3) is 0.133. The van der Waals surface area contributed by atoms with Crippen LogP contribution in [0.25, 0.3) is 0 Å². The van der Waals surface area contributed by atoms with Crippen LogP contribution in [0, 0.1) is 18.6 Å². The summed E-state index contributed by atoms with van der Waals surface area (Å²) in [5, 5.41) is 2.60. The van der Waals surface area contributed by atoms with Crippen LogP contribution < -0.4 is 11.1 Å². The quantitative estimate of drug-likeness (QED) is 0.847. The minimum absolute atomic E-state index is 0.0960. The lowest BCUT2D eigenvalue weighted by atomic mass is 10.1. The Kier molecular flexibility index (Phi) is 3.98. The van der Waals surface area contributed by atoms with Crippen molar-refractivity contribution in [3.63, 3.8) is 0 Å². The molecule has 0 unspecified atom stereocenters. The van der Waals surface area contributed by atoms with Gasteiger partial charge >= 0.3 is 0 Å². The highest BCUT2D eigenvalue weighted by molar-refractivity contribution is 5.94. The monoisotopic (exact) mass is 276 g/mol. The number of anilines is 1. The maximum atomic E-state index is 13.3. The van der Waals surface area contributed by atoms with Gasteiger partial charge in [-0.05, 0) is 24.6 Å². The molecule has 0 atom stereocenters. The van der Waals surface area contributed by atoms with Crippen molar-refractivity contribution in [2.24, 2.45) is 0 Å². The van der Waals surface area contributed by atoms with Crippen molar-refractivity contribution in [1.29, 1.82) is 0 Å². The first-order valence-electron chi connectivity index (χ1n) is 6.05. The predicted octanol–water partition coefficient (Wildman–Crippen LogP) is 2.79. The van der Waals surface area contributed by atoms with Gasteiger partial charge in [-0.3, -0.25) is 4.79 Å². The molecular formula is C15H14F2N2O. The third-order valence-electron chi connectivity index (χ3n) is 2.91. The highest BCUT2D eigenvalue weighted by Crippen LogP contribution is 2.17. The van der Waals surface area contributed by atoms with E-state index in [9.17, 15) is 13.6 Å². The zero-order valence-corrected chi connectivity index (χ0v) is 10.9. The normalized spacial score (nSPS) is 10.3. The highest BCUT2D eigenvalue weighted by atomic mass is 19.1. The van der Waals surface area contributed by atoms with E-state index in [0.717, 1.165) is 23.3 Å². The maximum Gasteiger partial charge on any atom is 0.251 e. The number of rotatable bonds is 3. The lowest BCUT2D eigenvalue weighted by molar-refractivity contribution is 0.0950. The second kappa shape index (κ2) is 5.69. The van der Waals surface area contributed by atoms with E-state index in [1.165, 1.54) is 0 Å². The van der Waals surface area contributed by atoms with E-state index < -0.39 is 23.2 Å². The molecule has 2 aromatic carbocycles. The summed E-state index contributed by atoms with van der Waals surface area (Å²) in [4.78, 5) is 11.8. The van der Waals surface area contributed by atoms with Gasteiger partial charge in [0.15, 0.2) is 0 Å². The average molecular weight is 276 g/mol. The summed E-state index contributed by atoms with van der Waals surface area (Å²) in [6.45, 7) is 2.25. The number of hydrogen-bond acceptors (Lipinski definition) is 2. The second-order valence-corrected chi connectivity index (χ2v) is 4.52. The lowest BCUT2D eigenvalue weighted by Crippen LogP contribution is -2.23. The van der Waals surface area contributed by atoms with Crippen molar-refractivity contribution < 1.29 is 13.6 Å². The average Bonchev–Trinajstić information content (AvgIpc) is 2.43. The Bertz CT molecular complexity index is 616. The number of carbonyl (C=O) groups is 1. The first-order valence-corrected chi connectivity index (χ1v) is 6.05. The third-order valence-corrected chi connectivity index (χ3v) is 2.91. The summed E-state index contributed by atoms with van der Waals surface area (Å²) >= 11 is 0. The van der Waals surface area contributed by atoms with Crippen molar-refractivity contribution in [2.75, 3.05) is 5.73 Å². The first kappa shape index (κ1) is 14.0. The van der Waals surface area contributed by atoms with Gasteiger partial charge in [-0.1, -0.05) is 29.8 Å². The minimum Gasteiger partial charge on any atom is -0.394 e. The van der Waals surface area contributed by atoms with Crippen LogP contribution in [0.2, 0.25) is 0 Å². The molecule has 0 bridgehead atoms. The molecule has 0 aliphatic heterocycles. The Labute approximate surface area is 115 Å². The molecule has 3 nitrogen and oxygen atoms in total. The number of carbonyl (C=O) groups excluding carboxylic acids is 1. The molecule has 20 heavy (non-hydrogen) atoms. The summed E-state index contributed by atoms with van der Waals surface area (Å²) in [6, 6.07) is 9.43. The van der Waals surface area contributed by atoms with Gasteiger partial charge < -0.3 is 11.1 Å². The number of hydrogen-bond donors (Lipinski definition) is 2. The number of benzene rings is 2. The van der Waals surface area contributed by atoms with Crippen LogP contribution in [0.5, 0.6) is 0 Å². The Morgan fingerprint density at radius 2 is 1.70 bits per heavy atom.